The van der Waals surface area contributed by atoms with Crippen LogP contribution in [-0.4, -0.2) is 18.6 Å². The van der Waals surface area contributed by atoms with Gasteiger partial charge in [-0.25, -0.2) is 0 Å². The van der Waals surface area contributed by atoms with Crippen molar-refractivity contribution in [1.29, 1.82) is 0 Å². The fourth-order valence-corrected chi connectivity index (χ4v) is 4.67. The Balaban J connectivity index is 2.00. The minimum atomic E-state index is -0.349. The minimum Gasteiger partial charge on any atom is -0.497 e. The van der Waals surface area contributed by atoms with E-state index in [1.165, 1.54) is 10.5 Å². The van der Waals surface area contributed by atoms with Gasteiger partial charge in [-0.15, -0.1) is 11.3 Å². The van der Waals surface area contributed by atoms with Crippen molar-refractivity contribution < 1.29 is 9.53 Å². The summed E-state index contributed by atoms with van der Waals surface area (Å²) in [6.07, 6.45) is 4.17. The first kappa shape index (κ1) is 16.2. The predicted molar refractivity (Wildman–Crippen MR) is 105 cm³/mol. The number of ether oxygens (including phenoxy) is 1. The molecule has 0 unspecified atom stereocenters. The van der Waals surface area contributed by atoms with Crippen LogP contribution in [0.5, 0.6) is 5.75 Å². The number of anilines is 1. The Kier molecular flexibility index (Phi) is 3.45. The van der Waals surface area contributed by atoms with Crippen molar-refractivity contribution in [2.24, 2.45) is 0 Å². The van der Waals surface area contributed by atoms with Crippen LogP contribution in [0.25, 0.3) is 17.2 Å². The first-order valence-electron chi connectivity index (χ1n) is 8.37. The average Bonchev–Trinajstić information content (AvgIpc) is 3.07. The van der Waals surface area contributed by atoms with Crippen molar-refractivity contribution in [2.75, 3.05) is 12.0 Å². The van der Waals surface area contributed by atoms with Gasteiger partial charge in [0, 0.05) is 20.9 Å². The van der Waals surface area contributed by atoms with Crippen LogP contribution in [0.2, 0.25) is 0 Å². The summed E-state index contributed by atoms with van der Waals surface area (Å²) in [6, 6.07) is 8.16. The van der Waals surface area contributed by atoms with Crippen molar-refractivity contribution in [3.63, 3.8) is 0 Å². The van der Waals surface area contributed by atoms with Crippen LogP contribution < -0.4 is 9.64 Å². The molecule has 2 aliphatic rings. The molecule has 0 aliphatic carbocycles. The maximum atomic E-state index is 13.3. The molecule has 0 bridgehead atoms. The standard InChI is InChI=1S/C21H21NO2S/c1-12-11-21(3,4)22-19-16(12)8-14(24-5)9-17(19)18(20(22)23)10-15-7-6-13(2)25-15/h6-11H,1-5H3. The number of hydrogen-bond acceptors (Lipinski definition) is 3. The first-order chi connectivity index (χ1) is 11.8. The number of aryl methyl sites for hydroxylation is 1. The van der Waals surface area contributed by atoms with Gasteiger partial charge < -0.3 is 4.74 Å². The molecule has 0 spiro atoms. The number of amides is 1. The van der Waals surface area contributed by atoms with Gasteiger partial charge in [0.1, 0.15) is 5.75 Å². The topological polar surface area (TPSA) is 29.5 Å². The van der Waals surface area contributed by atoms with E-state index in [9.17, 15) is 4.79 Å². The second-order valence-electron chi connectivity index (χ2n) is 7.20. The number of thiophene rings is 1. The van der Waals surface area contributed by atoms with Crippen molar-refractivity contribution in [3.05, 3.63) is 51.2 Å². The first-order valence-corrected chi connectivity index (χ1v) is 9.18. The summed E-state index contributed by atoms with van der Waals surface area (Å²) in [5.41, 5.74) is 4.62. The van der Waals surface area contributed by atoms with E-state index < -0.39 is 0 Å². The minimum absolute atomic E-state index is 0.0595. The Hall–Kier alpha value is -2.33. The molecule has 3 heterocycles. The fraction of sp³-hybridized carbons (Fsp3) is 0.286. The number of allylic oxidation sites excluding steroid dienone is 1. The third-order valence-corrected chi connectivity index (χ3v) is 5.83. The molecule has 0 radical (unpaired) electrons. The molecule has 4 rings (SSSR count). The third-order valence-electron chi connectivity index (χ3n) is 4.89. The number of methoxy groups -OCH3 is 1. The van der Waals surface area contributed by atoms with Gasteiger partial charge in [0.2, 0.25) is 0 Å². The molecule has 0 fully saturated rings. The zero-order valence-corrected chi connectivity index (χ0v) is 16.0. The number of benzene rings is 1. The number of rotatable bonds is 2. The molecule has 1 aromatic carbocycles. The van der Waals surface area contributed by atoms with E-state index in [-0.39, 0.29) is 11.4 Å². The van der Waals surface area contributed by atoms with Gasteiger partial charge in [0.05, 0.1) is 23.9 Å². The van der Waals surface area contributed by atoms with Gasteiger partial charge in [0.25, 0.3) is 5.91 Å². The van der Waals surface area contributed by atoms with E-state index in [0.29, 0.717) is 0 Å². The van der Waals surface area contributed by atoms with E-state index in [1.807, 2.05) is 23.1 Å². The smallest absolute Gasteiger partial charge is 0.259 e. The van der Waals surface area contributed by atoms with Gasteiger partial charge in [-0.05, 0) is 63.6 Å². The molecular weight excluding hydrogens is 330 g/mol. The molecule has 0 N–H and O–H groups in total. The molecule has 0 saturated heterocycles. The van der Waals surface area contributed by atoms with Gasteiger partial charge >= 0.3 is 0 Å². The van der Waals surface area contributed by atoms with Crippen LogP contribution >= 0.6 is 11.3 Å². The van der Waals surface area contributed by atoms with Crippen molar-refractivity contribution in [3.8, 4) is 5.75 Å². The van der Waals surface area contributed by atoms with Crippen LogP contribution in [0, 0.1) is 6.92 Å². The van der Waals surface area contributed by atoms with Crippen LogP contribution in [-0.2, 0) is 4.79 Å². The largest absolute Gasteiger partial charge is 0.497 e. The third kappa shape index (κ3) is 2.35. The predicted octanol–water partition coefficient (Wildman–Crippen LogP) is 5.15. The highest BCUT2D eigenvalue weighted by Crippen LogP contribution is 2.51. The molecule has 0 atom stereocenters. The second-order valence-corrected chi connectivity index (χ2v) is 8.52. The molecule has 1 amide bonds. The van der Waals surface area contributed by atoms with E-state index >= 15 is 0 Å². The summed E-state index contributed by atoms with van der Waals surface area (Å²) < 4.78 is 5.50. The van der Waals surface area contributed by atoms with Crippen LogP contribution in [0.3, 0.4) is 0 Å². The Morgan fingerprint density at radius 3 is 2.52 bits per heavy atom. The van der Waals surface area contributed by atoms with E-state index in [0.717, 1.165) is 33.0 Å². The zero-order valence-electron chi connectivity index (χ0n) is 15.1. The molecule has 2 aromatic rings. The summed E-state index contributed by atoms with van der Waals surface area (Å²) in [5, 5.41) is 0. The highest BCUT2D eigenvalue weighted by atomic mass is 32.1. The van der Waals surface area contributed by atoms with Crippen LogP contribution in [0.4, 0.5) is 5.69 Å². The van der Waals surface area contributed by atoms with Crippen molar-refractivity contribution in [1.82, 2.24) is 0 Å². The molecule has 25 heavy (non-hydrogen) atoms. The zero-order chi connectivity index (χ0) is 17.9. The summed E-state index contributed by atoms with van der Waals surface area (Å²) >= 11 is 1.70. The second kappa shape index (κ2) is 5.33. The number of carbonyl (C=O) groups is 1. The van der Waals surface area contributed by atoms with E-state index in [4.69, 9.17) is 4.74 Å². The Morgan fingerprint density at radius 1 is 1.16 bits per heavy atom. The monoisotopic (exact) mass is 351 g/mol. The van der Waals surface area contributed by atoms with Crippen LogP contribution in [0.15, 0.2) is 30.3 Å². The van der Waals surface area contributed by atoms with Crippen LogP contribution in [0.1, 0.15) is 41.7 Å². The van der Waals surface area contributed by atoms with Gasteiger partial charge in [-0.2, -0.15) is 0 Å². The van der Waals surface area contributed by atoms with E-state index in [1.54, 1.807) is 18.4 Å². The molecule has 0 saturated carbocycles. The lowest BCUT2D eigenvalue weighted by molar-refractivity contribution is -0.113. The lowest BCUT2D eigenvalue weighted by Crippen LogP contribution is -2.46. The quantitative estimate of drug-likeness (QED) is 0.701. The molecule has 1 aromatic heterocycles. The van der Waals surface area contributed by atoms with Gasteiger partial charge in [0.15, 0.2) is 0 Å². The Morgan fingerprint density at radius 2 is 1.88 bits per heavy atom. The molecule has 4 heteroatoms. The highest BCUT2D eigenvalue weighted by Gasteiger charge is 2.44. The fourth-order valence-electron chi connectivity index (χ4n) is 3.84. The molecular formula is C21H21NO2S. The summed E-state index contributed by atoms with van der Waals surface area (Å²) in [6.45, 7) is 8.35. The normalized spacial score (nSPS) is 19.2. The maximum Gasteiger partial charge on any atom is 0.259 e. The maximum absolute atomic E-state index is 13.3. The van der Waals surface area contributed by atoms with Crippen molar-refractivity contribution in [2.45, 2.75) is 33.2 Å². The summed E-state index contributed by atoms with van der Waals surface area (Å²) in [4.78, 5) is 17.6. The number of carbonyl (C=O) groups excluding carboxylic acids is 1. The van der Waals surface area contributed by atoms with Gasteiger partial charge in [-0.1, -0.05) is 6.08 Å². The van der Waals surface area contributed by atoms with Crippen molar-refractivity contribution >= 4 is 40.2 Å². The number of nitrogens with zero attached hydrogens (tertiary/aromatic N) is 1. The SMILES string of the molecule is COc1cc2c3c(c1)C(=Cc1ccc(C)s1)C(=O)N3C(C)(C)C=C2C. The Bertz CT molecular complexity index is 962. The average molecular weight is 351 g/mol. The summed E-state index contributed by atoms with van der Waals surface area (Å²) in [7, 11) is 1.67. The number of hydrogen-bond donors (Lipinski definition) is 0. The van der Waals surface area contributed by atoms with Gasteiger partial charge in [-0.3, -0.25) is 9.69 Å². The molecule has 3 nitrogen and oxygen atoms in total. The highest BCUT2D eigenvalue weighted by molar-refractivity contribution is 7.12. The Labute approximate surface area is 152 Å². The molecule has 2 aliphatic heterocycles. The lowest BCUT2D eigenvalue weighted by Gasteiger charge is -2.38. The molecule has 128 valence electrons. The lowest BCUT2D eigenvalue weighted by atomic mass is 9.89. The summed E-state index contributed by atoms with van der Waals surface area (Å²) in [5.74, 6) is 0.841. The van der Waals surface area contributed by atoms with E-state index in [2.05, 4.69) is 45.9 Å².